The van der Waals surface area contributed by atoms with Gasteiger partial charge in [0.15, 0.2) is 12.6 Å². The van der Waals surface area contributed by atoms with Crippen molar-refractivity contribution >= 4 is 7.60 Å². The maximum absolute atomic E-state index is 11.8. The average Bonchev–Trinajstić information content (AvgIpc) is 2.82. The van der Waals surface area contributed by atoms with E-state index in [1.165, 1.54) is 10.8 Å². The van der Waals surface area contributed by atoms with Crippen molar-refractivity contribution in [3.63, 3.8) is 0 Å². The third kappa shape index (κ3) is 3.74. The highest BCUT2D eigenvalue weighted by Crippen LogP contribution is 2.42. The summed E-state index contributed by atoms with van der Waals surface area (Å²) >= 11 is 0. The highest BCUT2D eigenvalue weighted by atomic mass is 31.2. The summed E-state index contributed by atoms with van der Waals surface area (Å²) in [4.78, 5) is 34.7. The van der Waals surface area contributed by atoms with E-state index in [0.717, 1.165) is 7.11 Å². The number of ether oxygens (including phenoxy) is 2. The number of aromatic amines is 1. The summed E-state index contributed by atoms with van der Waals surface area (Å²) in [6.45, 7) is 3.42. The molecule has 2 rings (SSSR count). The van der Waals surface area contributed by atoms with Crippen LogP contribution < -0.4 is 11.2 Å². The number of hydrogen-bond donors (Lipinski definition) is 2. The van der Waals surface area contributed by atoms with Crippen molar-refractivity contribution in [2.75, 3.05) is 13.5 Å². The van der Waals surface area contributed by atoms with Crippen LogP contribution in [0.25, 0.3) is 0 Å². The van der Waals surface area contributed by atoms with E-state index >= 15 is 0 Å². The van der Waals surface area contributed by atoms with E-state index in [1.807, 2.05) is 6.92 Å². The van der Waals surface area contributed by atoms with E-state index < -0.39 is 37.7 Å². The molecule has 124 valence electrons. The Morgan fingerprint density at radius 1 is 1.55 bits per heavy atom. The first-order valence-corrected chi connectivity index (χ1v) is 8.46. The molecule has 0 bridgehead atoms. The van der Waals surface area contributed by atoms with Gasteiger partial charge in [-0.1, -0.05) is 6.92 Å². The summed E-state index contributed by atoms with van der Waals surface area (Å²) in [7, 11) is -2.67. The van der Waals surface area contributed by atoms with Gasteiger partial charge in [0.1, 0.15) is 6.23 Å². The molecule has 2 heterocycles. The molecule has 4 atom stereocenters. The van der Waals surface area contributed by atoms with Crippen molar-refractivity contribution in [2.24, 2.45) is 5.92 Å². The van der Waals surface area contributed by atoms with Crippen molar-refractivity contribution in [3.8, 4) is 0 Å². The molecule has 1 fully saturated rings. The summed E-state index contributed by atoms with van der Waals surface area (Å²) in [6, 6.07) is 0. The van der Waals surface area contributed by atoms with Gasteiger partial charge in [-0.15, -0.1) is 0 Å². The van der Waals surface area contributed by atoms with Gasteiger partial charge in [0.05, 0.1) is 0 Å². The zero-order chi connectivity index (χ0) is 16.5. The highest BCUT2D eigenvalue weighted by molar-refractivity contribution is 7.52. The Hall–Kier alpha value is -1.25. The first-order valence-electron chi connectivity index (χ1n) is 6.70. The van der Waals surface area contributed by atoms with Crippen molar-refractivity contribution in [1.29, 1.82) is 0 Å². The normalized spacial score (nSPS) is 27.7. The number of hydrogen-bond acceptors (Lipinski definition) is 6. The number of nitrogens with one attached hydrogen (secondary N) is 1. The van der Waals surface area contributed by atoms with Crippen LogP contribution in [0.3, 0.4) is 0 Å². The van der Waals surface area contributed by atoms with E-state index in [1.54, 1.807) is 6.92 Å². The topological polar surface area (TPSA) is 120 Å². The second-order valence-electron chi connectivity index (χ2n) is 5.27. The second kappa shape index (κ2) is 6.47. The lowest BCUT2D eigenvalue weighted by atomic mass is 10.1. The number of nitrogens with zero attached hydrogens (tertiary/aromatic N) is 1. The van der Waals surface area contributed by atoms with E-state index in [0.29, 0.717) is 12.0 Å². The second-order valence-corrected chi connectivity index (χ2v) is 7.16. The third-order valence-electron chi connectivity index (χ3n) is 3.47. The Bertz CT molecular complexity index is 697. The SMILES string of the molecule is COP(=O)(O)CO[C@H]1O[C@@H](n2cc(C)c(=O)[nH]c2=O)C[C@@H]1C. The predicted molar refractivity (Wildman–Crippen MR) is 76.5 cm³/mol. The number of H-pyrrole nitrogens is 1. The summed E-state index contributed by atoms with van der Waals surface area (Å²) in [5.41, 5.74) is -0.626. The van der Waals surface area contributed by atoms with Gasteiger partial charge in [-0.25, -0.2) is 4.79 Å². The average molecular weight is 334 g/mol. The minimum Gasteiger partial charge on any atom is -0.340 e. The predicted octanol–water partition coefficient (Wildman–Crippen LogP) is 0.532. The lowest BCUT2D eigenvalue weighted by molar-refractivity contribution is -0.154. The van der Waals surface area contributed by atoms with Crippen LogP contribution in [0.2, 0.25) is 0 Å². The van der Waals surface area contributed by atoms with Crippen LogP contribution in [0.4, 0.5) is 0 Å². The molecule has 0 spiro atoms. The minimum atomic E-state index is -3.79. The Kier molecular flexibility index (Phi) is 5.03. The van der Waals surface area contributed by atoms with Gasteiger partial charge < -0.3 is 18.9 Å². The molecule has 0 aromatic carbocycles. The fourth-order valence-electron chi connectivity index (χ4n) is 2.18. The fourth-order valence-corrected chi connectivity index (χ4v) is 2.62. The van der Waals surface area contributed by atoms with Gasteiger partial charge in [0.2, 0.25) is 0 Å². The molecule has 2 N–H and O–H groups in total. The quantitative estimate of drug-likeness (QED) is 0.754. The smallest absolute Gasteiger partial charge is 0.340 e. The molecule has 0 radical (unpaired) electrons. The summed E-state index contributed by atoms with van der Waals surface area (Å²) in [5.74, 6) is -0.0963. The van der Waals surface area contributed by atoms with Crippen LogP contribution in [-0.4, -0.2) is 34.2 Å². The number of aryl methyl sites for hydroxylation is 1. The molecule has 0 aliphatic carbocycles. The zero-order valence-electron chi connectivity index (χ0n) is 12.5. The van der Waals surface area contributed by atoms with Gasteiger partial charge in [-0.3, -0.25) is 18.9 Å². The lowest BCUT2D eigenvalue weighted by Gasteiger charge is -2.18. The molecule has 1 unspecified atom stereocenters. The molecular weight excluding hydrogens is 315 g/mol. The Labute approximate surface area is 126 Å². The maximum Gasteiger partial charge on any atom is 0.353 e. The molecule has 1 aromatic rings. The molecule has 1 saturated heterocycles. The van der Waals surface area contributed by atoms with Crippen molar-refractivity contribution in [2.45, 2.75) is 32.8 Å². The van der Waals surface area contributed by atoms with Crippen molar-refractivity contribution in [3.05, 3.63) is 32.6 Å². The van der Waals surface area contributed by atoms with Crippen LogP contribution in [0, 0.1) is 12.8 Å². The van der Waals surface area contributed by atoms with E-state index in [2.05, 4.69) is 9.51 Å². The maximum atomic E-state index is 11.8. The fraction of sp³-hybridized carbons (Fsp3) is 0.667. The first kappa shape index (κ1) is 17.1. The monoisotopic (exact) mass is 334 g/mol. The first-order chi connectivity index (χ1) is 10.2. The van der Waals surface area contributed by atoms with Crippen LogP contribution in [-0.2, 0) is 18.6 Å². The lowest BCUT2D eigenvalue weighted by Crippen LogP contribution is -2.33. The Morgan fingerprint density at radius 3 is 2.86 bits per heavy atom. The van der Waals surface area contributed by atoms with Gasteiger partial charge >= 0.3 is 13.3 Å². The van der Waals surface area contributed by atoms with Gasteiger partial charge in [0, 0.05) is 31.2 Å². The van der Waals surface area contributed by atoms with E-state index in [4.69, 9.17) is 9.47 Å². The molecule has 10 heteroatoms. The van der Waals surface area contributed by atoms with E-state index in [-0.39, 0.29) is 5.92 Å². The van der Waals surface area contributed by atoms with Gasteiger partial charge in [-0.2, -0.15) is 0 Å². The Balaban J connectivity index is 2.11. The zero-order valence-corrected chi connectivity index (χ0v) is 13.4. The van der Waals surface area contributed by atoms with Crippen LogP contribution >= 0.6 is 7.60 Å². The van der Waals surface area contributed by atoms with Gasteiger partial charge in [-0.05, 0) is 6.92 Å². The van der Waals surface area contributed by atoms with Crippen molar-refractivity contribution < 1.29 is 23.5 Å². The molecule has 1 aliphatic rings. The van der Waals surface area contributed by atoms with E-state index in [9.17, 15) is 19.0 Å². The highest BCUT2D eigenvalue weighted by Gasteiger charge is 2.36. The van der Waals surface area contributed by atoms with Crippen LogP contribution in [0.5, 0.6) is 0 Å². The third-order valence-corrected chi connectivity index (χ3v) is 4.52. The van der Waals surface area contributed by atoms with Gasteiger partial charge in [0.25, 0.3) is 5.56 Å². The summed E-state index contributed by atoms with van der Waals surface area (Å²) in [6.07, 6.45) is 0.0553. The number of rotatable bonds is 5. The molecular formula is C12H19N2O7P. The molecule has 1 aliphatic heterocycles. The molecule has 22 heavy (non-hydrogen) atoms. The van der Waals surface area contributed by atoms with Crippen LogP contribution in [0.15, 0.2) is 15.8 Å². The summed E-state index contributed by atoms with van der Waals surface area (Å²) in [5, 5.41) is 0. The summed E-state index contributed by atoms with van der Waals surface area (Å²) < 4.78 is 28.0. The van der Waals surface area contributed by atoms with Crippen LogP contribution in [0.1, 0.15) is 25.1 Å². The standard InChI is InChI=1S/C12H19N2O7P/c1-7-4-9(14-5-8(2)10(15)13-12(14)16)21-11(7)20-6-22(17,18)19-3/h5,7,9,11H,4,6H2,1-3H3,(H,17,18)(H,13,15,16)/t7-,9+,11-/m0/s1. The van der Waals surface area contributed by atoms with Crippen molar-refractivity contribution in [1.82, 2.24) is 9.55 Å². The molecule has 9 nitrogen and oxygen atoms in total. The molecule has 0 amide bonds. The molecule has 1 aromatic heterocycles. The largest absolute Gasteiger partial charge is 0.353 e. The number of aromatic nitrogens is 2. The molecule has 0 saturated carbocycles. The Morgan fingerprint density at radius 2 is 2.23 bits per heavy atom. The minimum absolute atomic E-state index is 0.0963.